The van der Waals surface area contributed by atoms with Crippen LogP contribution in [-0.4, -0.2) is 51.7 Å². The molecule has 150 valence electrons. The molecule has 2 aliphatic heterocycles. The van der Waals surface area contributed by atoms with Gasteiger partial charge in [-0.2, -0.15) is 13.2 Å². The van der Waals surface area contributed by atoms with Gasteiger partial charge in [0, 0.05) is 0 Å². The molecule has 0 saturated heterocycles. The van der Waals surface area contributed by atoms with E-state index in [-0.39, 0.29) is 32.4 Å². The summed E-state index contributed by atoms with van der Waals surface area (Å²) in [5.41, 5.74) is 0.592. The molecular weight excluding hydrogens is 397 g/mol. The fraction of sp³-hybridized carbons (Fsp3) is 0.111. The van der Waals surface area contributed by atoms with Crippen LogP contribution < -0.4 is 0 Å². The Labute approximate surface area is 160 Å². The molecule has 0 saturated carbocycles. The van der Waals surface area contributed by atoms with E-state index in [1.165, 1.54) is 36.4 Å². The van der Waals surface area contributed by atoms with E-state index in [9.17, 15) is 32.3 Å². The van der Waals surface area contributed by atoms with Crippen molar-refractivity contribution in [3.8, 4) is 0 Å². The number of carbonyl (C=O) groups is 4. The molecule has 4 rings (SSSR count). The highest BCUT2D eigenvalue weighted by atomic mass is 19.4. The lowest BCUT2D eigenvalue weighted by molar-refractivity contribution is -0.218. The summed E-state index contributed by atoms with van der Waals surface area (Å²) in [6.07, 6.45) is -4.60. The van der Waals surface area contributed by atoms with E-state index in [1.807, 2.05) is 0 Å². The van der Waals surface area contributed by atoms with Crippen molar-refractivity contribution < 1.29 is 42.4 Å². The number of benzene rings is 2. The molecule has 8 nitrogen and oxygen atoms in total. The smallest absolute Gasteiger partial charge is 0.278 e. The fourth-order valence-corrected chi connectivity index (χ4v) is 2.60. The number of hydrogen-bond acceptors (Lipinski definition) is 6. The van der Waals surface area contributed by atoms with Crippen LogP contribution in [0.1, 0.15) is 41.4 Å². The molecule has 29 heavy (non-hydrogen) atoms. The van der Waals surface area contributed by atoms with Crippen molar-refractivity contribution >= 4 is 23.6 Å². The number of amides is 4. The summed E-state index contributed by atoms with van der Waals surface area (Å²) in [7, 11) is 0. The van der Waals surface area contributed by atoms with Gasteiger partial charge in [0.2, 0.25) is 0 Å². The topological polar surface area (TPSA) is 104 Å². The first-order valence-corrected chi connectivity index (χ1v) is 7.96. The Morgan fingerprint density at radius 2 is 1.07 bits per heavy atom. The molecule has 2 aliphatic rings. The summed E-state index contributed by atoms with van der Waals surface area (Å²) in [6.45, 7) is -1.68. The van der Waals surface area contributed by atoms with Gasteiger partial charge in [0.05, 0.1) is 22.3 Å². The minimum absolute atomic E-state index is 0.0414. The lowest BCUT2D eigenvalue weighted by atomic mass is 10.1. The lowest BCUT2D eigenvalue weighted by Gasteiger charge is -2.14. The molecule has 0 fully saturated rings. The highest BCUT2D eigenvalue weighted by Gasteiger charge is 2.39. The largest absolute Gasteiger partial charge is 0.414 e. The number of alkyl halides is 3. The van der Waals surface area contributed by atoms with Crippen molar-refractivity contribution in [2.75, 3.05) is 6.61 Å². The third-order valence-corrected chi connectivity index (χ3v) is 3.89. The molecular formula is C18H11F3N2O6. The van der Waals surface area contributed by atoms with Crippen LogP contribution in [0.4, 0.5) is 13.2 Å². The van der Waals surface area contributed by atoms with Gasteiger partial charge in [-0.15, -0.1) is 10.1 Å². The summed E-state index contributed by atoms with van der Waals surface area (Å²) in [5, 5.41) is 9.19. The molecule has 0 aromatic heterocycles. The van der Waals surface area contributed by atoms with Gasteiger partial charge in [-0.1, -0.05) is 24.3 Å². The fourth-order valence-electron chi connectivity index (χ4n) is 2.60. The minimum atomic E-state index is -4.60. The quantitative estimate of drug-likeness (QED) is 0.605. The van der Waals surface area contributed by atoms with Crippen molar-refractivity contribution in [3.63, 3.8) is 0 Å². The summed E-state index contributed by atoms with van der Waals surface area (Å²) in [5.74, 6) is -3.07. The Hall–Kier alpha value is -3.57. The number of fused-ring (bicyclic) bond motifs is 2. The van der Waals surface area contributed by atoms with Crippen LogP contribution in [0.3, 0.4) is 0 Å². The van der Waals surface area contributed by atoms with Gasteiger partial charge in [0.1, 0.15) is 0 Å². The second-order valence-electron chi connectivity index (χ2n) is 5.81. The van der Waals surface area contributed by atoms with Crippen LogP contribution in [0, 0.1) is 0 Å². The van der Waals surface area contributed by atoms with Crippen LogP contribution in [0.25, 0.3) is 0 Å². The predicted octanol–water partition coefficient (Wildman–Crippen LogP) is 2.45. The van der Waals surface area contributed by atoms with Gasteiger partial charge in [-0.25, -0.2) is 0 Å². The monoisotopic (exact) mass is 408 g/mol. The number of carbonyl (C=O) groups excluding carboxylic acids is 4. The molecule has 11 heteroatoms. The van der Waals surface area contributed by atoms with E-state index < -0.39 is 36.4 Å². The average Bonchev–Trinajstić information content (AvgIpc) is 3.07. The summed E-state index contributed by atoms with van der Waals surface area (Å²) in [6, 6.07) is 12.0. The Bertz CT molecular complexity index is 951. The van der Waals surface area contributed by atoms with Crippen LogP contribution in [0.2, 0.25) is 0 Å². The van der Waals surface area contributed by atoms with Crippen molar-refractivity contribution in [3.05, 3.63) is 70.8 Å². The normalized spacial score (nSPS) is 15.3. The molecule has 0 radical (unpaired) electrons. The van der Waals surface area contributed by atoms with Gasteiger partial charge < -0.3 is 0 Å². The first-order chi connectivity index (χ1) is 13.6. The maximum atomic E-state index is 11.9. The van der Waals surface area contributed by atoms with Gasteiger partial charge in [0.25, 0.3) is 23.6 Å². The third kappa shape index (κ3) is 3.86. The van der Waals surface area contributed by atoms with Gasteiger partial charge in [-0.05, 0) is 24.3 Å². The molecule has 2 heterocycles. The highest BCUT2D eigenvalue weighted by molar-refractivity contribution is 6.21. The van der Waals surface area contributed by atoms with Gasteiger partial charge in [0.15, 0.2) is 6.61 Å². The Balaban J connectivity index is 0.000000176. The van der Waals surface area contributed by atoms with Gasteiger partial charge >= 0.3 is 6.18 Å². The first kappa shape index (κ1) is 20.2. The van der Waals surface area contributed by atoms with E-state index in [2.05, 4.69) is 4.84 Å². The molecule has 4 amide bonds. The number of imide groups is 2. The van der Waals surface area contributed by atoms with E-state index in [4.69, 9.17) is 5.21 Å². The van der Waals surface area contributed by atoms with E-state index in [0.29, 0.717) is 0 Å². The maximum Gasteiger partial charge on any atom is 0.414 e. The van der Waals surface area contributed by atoms with Gasteiger partial charge in [-0.3, -0.25) is 29.2 Å². The second kappa shape index (κ2) is 7.45. The molecule has 0 unspecified atom stereocenters. The van der Waals surface area contributed by atoms with E-state index >= 15 is 0 Å². The van der Waals surface area contributed by atoms with Crippen LogP contribution in [0.15, 0.2) is 48.5 Å². The van der Waals surface area contributed by atoms with Crippen molar-refractivity contribution in [2.24, 2.45) is 0 Å². The maximum absolute atomic E-state index is 11.9. The number of nitrogens with zero attached hydrogens (tertiary/aromatic N) is 2. The highest BCUT2D eigenvalue weighted by Crippen LogP contribution is 2.24. The lowest BCUT2D eigenvalue weighted by Crippen LogP contribution is -2.34. The van der Waals surface area contributed by atoms with Crippen LogP contribution in [0.5, 0.6) is 0 Å². The van der Waals surface area contributed by atoms with E-state index in [1.54, 1.807) is 12.1 Å². The van der Waals surface area contributed by atoms with Crippen LogP contribution in [-0.2, 0) is 4.84 Å². The Kier molecular flexibility index (Phi) is 5.18. The van der Waals surface area contributed by atoms with E-state index in [0.717, 1.165) is 0 Å². The second-order valence-corrected chi connectivity index (χ2v) is 5.81. The summed E-state index contributed by atoms with van der Waals surface area (Å²) in [4.78, 5) is 49.4. The summed E-state index contributed by atoms with van der Waals surface area (Å²) >= 11 is 0. The first-order valence-electron chi connectivity index (χ1n) is 7.96. The predicted molar refractivity (Wildman–Crippen MR) is 87.7 cm³/mol. The number of hydrogen-bond donors (Lipinski definition) is 1. The molecule has 2 aromatic carbocycles. The molecule has 0 spiro atoms. The minimum Gasteiger partial charge on any atom is -0.278 e. The van der Waals surface area contributed by atoms with Crippen molar-refractivity contribution in [1.82, 2.24) is 10.1 Å². The van der Waals surface area contributed by atoms with Crippen molar-refractivity contribution in [1.29, 1.82) is 0 Å². The molecule has 0 atom stereocenters. The number of rotatable bonds is 2. The molecule has 2 aromatic rings. The number of hydroxylamine groups is 4. The zero-order valence-corrected chi connectivity index (χ0v) is 14.3. The summed E-state index contributed by atoms with van der Waals surface area (Å²) < 4.78 is 35.8. The Morgan fingerprint density at radius 1 is 0.724 bits per heavy atom. The van der Waals surface area contributed by atoms with Crippen molar-refractivity contribution in [2.45, 2.75) is 6.18 Å². The standard InChI is InChI=1S/C10H6F3NO3.C8H5NO3/c11-10(12,13)5-17-14-8(15)6-3-1-2-4-7(6)9(14)16;10-7-5-3-1-2-4-6(5)8(11)9(7)12/h1-4H,5H2;1-4,12H. The number of halogens is 3. The Morgan fingerprint density at radius 3 is 1.41 bits per heavy atom. The molecule has 0 bridgehead atoms. The SMILES string of the molecule is O=C1c2ccccc2C(=O)N1O.O=C1c2ccccc2C(=O)N1OCC(F)(F)F. The zero-order chi connectivity index (χ0) is 21.3. The average molecular weight is 408 g/mol. The zero-order valence-electron chi connectivity index (χ0n) is 14.3. The van der Waals surface area contributed by atoms with Crippen LogP contribution >= 0.6 is 0 Å². The molecule has 1 N–H and O–H groups in total. The third-order valence-electron chi connectivity index (χ3n) is 3.89. The molecule has 0 aliphatic carbocycles.